The summed E-state index contributed by atoms with van der Waals surface area (Å²) < 4.78 is 42.8. The van der Waals surface area contributed by atoms with Gasteiger partial charge in [0.25, 0.3) is 0 Å². The van der Waals surface area contributed by atoms with Gasteiger partial charge < -0.3 is 10.1 Å². The van der Waals surface area contributed by atoms with E-state index in [-0.39, 0.29) is 6.54 Å². The lowest BCUT2D eigenvalue weighted by Crippen LogP contribution is -2.29. The van der Waals surface area contributed by atoms with E-state index in [4.69, 9.17) is 0 Å². The molecule has 6 nitrogen and oxygen atoms in total. The third-order valence-electron chi connectivity index (χ3n) is 3.35. The minimum absolute atomic E-state index is 0.294. The quantitative estimate of drug-likeness (QED) is 0.805. The van der Waals surface area contributed by atoms with E-state index in [9.17, 15) is 22.8 Å². The number of hydrogen-bond donors (Lipinski definition) is 1. The molecule has 1 N–H and O–H groups in total. The lowest BCUT2D eigenvalue weighted by Gasteiger charge is -2.07. The largest absolute Gasteiger partial charge is 0.465 e. The first kappa shape index (κ1) is 18.5. The number of halogens is 3. The standard InChI is InChI=1S/C16H16F3N3O3/c1-25-15(24)12-4-2-11(3-5-12)6-8-20-14(23)10-22-9-7-13(21-22)16(17,18)19/h2-5,7,9H,6,8,10H2,1H3,(H,20,23). The predicted octanol–water partition coefficient (Wildman–Crippen LogP) is 2.05. The second-order valence-corrected chi connectivity index (χ2v) is 5.18. The van der Waals surface area contributed by atoms with Crippen LogP contribution >= 0.6 is 0 Å². The molecular weight excluding hydrogens is 339 g/mol. The predicted molar refractivity (Wildman–Crippen MR) is 81.7 cm³/mol. The second kappa shape index (κ2) is 7.82. The molecule has 0 aliphatic rings. The van der Waals surface area contributed by atoms with E-state index in [1.165, 1.54) is 7.11 Å². The number of carbonyl (C=O) groups is 2. The Balaban J connectivity index is 1.78. The number of nitrogens with zero attached hydrogens (tertiary/aromatic N) is 2. The molecular formula is C16H16F3N3O3. The summed E-state index contributed by atoms with van der Waals surface area (Å²) in [5.74, 6) is -0.875. The molecule has 0 aliphatic carbocycles. The first-order valence-electron chi connectivity index (χ1n) is 7.34. The van der Waals surface area contributed by atoms with Crippen LogP contribution in [0.5, 0.6) is 0 Å². The number of aromatic nitrogens is 2. The van der Waals surface area contributed by atoms with E-state index in [2.05, 4.69) is 15.2 Å². The van der Waals surface area contributed by atoms with E-state index >= 15 is 0 Å². The molecule has 0 saturated heterocycles. The minimum Gasteiger partial charge on any atom is -0.465 e. The van der Waals surface area contributed by atoms with Crippen molar-refractivity contribution >= 4 is 11.9 Å². The van der Waals surface area contributed by atoms with Crippen LogP contribution in [-0.2, 0) is 28.7 Å². The summed E-state index contributed by atoms with van der Waals surface area (Å²) in [5.41, 5.74) is 0.284. The topological polar surface area (TPSA) is 73.2 Å². The van der Waals surface area contributed by atoms with Gasteiger partial charge in [0.05, 0.1) is 12.7 Å². The average Bonchev–Trinajstić information content (AvgIpc) is 3.03. The first-order chi connectivity index (χ1) is 11.8. The zero-order valence-corrected chi connectivity index (χ0v) is 13.3. The fraction of sp³-hybridized carbons (Fsp3) is 0.312. The van der Waals surface area contributed by atoms with Crippen molar-refractivity contribution in [2.75, 3.05) is 13.7 Å². The van der Waals surface area contributed by atoms with Crippen LogP contribution in [0.15, 0.2) is 36.5 Å². The summed E-state index contributed by atoms with van der Waals surface area (Å²) in [6.45, 7) is 0.0150. The Morgan fingerprint density at radius 2 is 1.88 bits per heavy atom. The zero-order chi connectivity index (χ0) is 18.4. The van der Waals surface area contributed by atoms with Crippen molar-refractivity contribution in [1.82, 2.24) is 15.1 Å². The highest BCUT2D eigenvalue weighted by molar-refractivity contribution is 5.89. The molecule has 0 aliphatic heterocycles. The maximum Gasteiger partial charge on any atom is 0.435 e. The average molecular weight is 355 g/mol. The molecule has 9 heteroatoms. The highest BCUT2D eigenvalue weighted by Gasteiger charge is 2.33. The number of alkyl halides is 3. The van der Waals surface area contributed by atoms with Crippen LogP contribution in [0.4, 0.5) is 13.2 Å². The lowest BCUT2D eigenvalue weighted by molar-refractivity contribution is -0.141. The highest BCUT2D eigenvalue weighted by Crippen LogP contribution is 2.27. The van der Waals surface area contributed by atoms with Crippen molar-refractivity contribution < 1.29 is 27.5 Å². The molecule has 2 rings (SSSR count). The van der Waals surface area contributed by atoms with E-state index in [0.717, 1.165) is 22.5 Å². The second-order valence-electron chi connectivity index (χ2n) is 5.18. The van der Waals surface area contributed by atoms with Gasteiger partial charge in [-0.25, -0.2) is 4.79 Å². The molecule has 0 unspecified atom stereocenters. The van der Waals surface area contributed by atoms with Crippen molar-refractivity contribution in [3.63, 3.8) is 0 Å². The first-order valence-corrected chi connectivity index (χ1v) is 7.34. The Hall–Kier alpha value is -2.84. The minimum atomic E-state index is -4.53. The van der Waals surface area contributed by atoms with E-state index in [0.29, 0.717) is 18.5 Å². The van der Waals surface area contributed by atoms with Crippen LogP contribution < -0.4 is 5.32 Å². The monoisotopic (exact) mass is 355 g/mol. The summed E-state index contributed by atoms with van der Waals surface area (Å²) in [6, 6.07) is 7.52. The summed E-state index contributed by atoms with van der Waals surface area (Å²) >= 11 is 0. The van der Waals surface area contributed by atoms with Crippen LogP contribution in [0, 0.1) is 0 Å². The lowest BCUT2D eigenvalue weighted by atomic mass is 10.1. The SMILES string of the molecule is COC(=O)c1ccc(CCNC(=O)Cn2ccc(C(F)(F)F)n2)cc1. The Morgan fingerprint density at radius 1 is 1.20 bits per heavy atom. The van der Waals surface area contributed by atoms with Gasteiger partial charge in [0.15, 0.2) is 5.69 Å². The fourth-order valence-corrected chi connectivity index (χ4v) is 2.08. The summed E-state index contributed by atoms with van der Waals surface area (Å²) in [7, 11) is 1.29. The van der Waals surface area contributed by atoms with Crippen LogP contribution in [-0.4, -0.2) is 35.3 Å². The molecule has 1 aromatic carbocycles. The summed E-state index contributed by atoms with van der Waals surface area (Å²) in [5, 5.41) is 5.91. The molecule has 0 bridgehead atoms. The fourth-order valence-electron chi connectivity index (χ4n) is 2.08. The molecule has 0 atom stereocenters. The zero-order valence-electron chi connectivity index (χ0n) is 13.3. The van der Waals surface area contributed by atoms with Gasteiger partial charge in [0, 0.05) is 12.7 Å². The van der Waals surface area contributed by atoms with E-state index < -0.39 is 23.7 Å². The van der Waals surface area contributed by atoms with Gasteiger partial charge in [0.1, 0.15) is 6.54 Å². The molecule has 0 saturated carbocycles. The molecule has 134 valence electrons. The molecule has 1 heterocycles. The maximum absolute atomic E-state index is 12.4. The number of ether oxygens (including phenoxy) is 1. The molecule has 1 aromatic heterocycles. The van der Waals surface area contributed by atoms with Gasteiger partial charge in [-0.2, -0.15) is 18.3 Å². The van der Waals surface area contributed by atoms with Crippen molar-refractivity contribution in [1.29, 1.82) is 0 Å². The van der Waals surface area contributed by atoms with E-state index in [1.807, 2.05) is 0 Å². The third-order valence-corrected chi connectivity index (χ3v) is 3.35. The van der Waals surface area contributed by atoms with Crippen molar-refractivity contribution in [2.45, 2.75) is 19.1 Å². The van der Waals surface area contributed by atoms with Crippen molar-refractivity contribution in [3.8, 4) is 0 Å². The number of hydrogen-bond acceptors (Lipinski definition) is 4. The summed E-state index contributed by atoms with van der Waals surface area (Å²) in [6.07, 6.45) is -2.91. The van der Waals surface area contributed by atoms with Crippen LogP contribution in [0.3, 0.4) is 0 Å². The number of methoxy groups -OCH3 is 1. The molecule has 25 heavy (non-hydrogen) atoms. The smallest absolute Gasteiger partial charge is 0.435 e. The van der Waals surface area contributed by atoms with Crippen LogP contribution in [0.1, 0.15) is 21.6 Å². The Morgan fingerprint density at radius 3 is 2.44 bits per heavy atom. The van der Waals surface area contributed by atoms with Gasteiger partial charge in [-0.3, -0.25) is 9.48 Å². The molecule has 1 amide bonds. The Kier molecular flexibility index (Phi) is 5.79. The van der Waals surface area contributed by atoms with Gasteiger partial charge in [-0.1, -0.05) is 12.1 Å². The number of rotatable bonds is 6. The molecule has 0 radical (unpaired) electrons. The van der Waals surface area contributed by atoms with Crippen LogP contribution in [0.2, 0.25) is 0 Å². The number of nitrogens with one attached hydrogen (secondary N) is 1. The van der Waals surface area contributed by atoms with Gasteiger partial charge in [-0.15, -0.1) is 0 Å². The number of amides is 1. The van der Waals surface area contributed by atoms with E-state index in [1.54, 1.807) is 24.3 Å². The number of carbonyl (C=O) groups excluding carboxylic acids is 2. The van der Waals surface area contributed by atoms with Crippen molar-refractivity contribution in [3.05, 3.63) is 53.3 Å². The number of benzene rings is 1. The van der Waals surface area contributed by atoms with Crippen molar-refractivity contribution in [2.24, 2.45) is 0 Å². The maximum atomic E-state index is 12.4. The van der Waals surface area contributed by atoms with Gasteiger partial charge in [0.2, 0.25) is 5.91 Å². The molecule has 0 fully saturated rings. The van der Waals surface area contributed by atoms with Crippen LogP contribution in [0.25, 0.3) is 0 Å². The molecule has 2 aromatic rings. The van der Waals surface area contributed by atoms with Gasteiger partial charge in [-0.05, 0) is 30.2 Å². The molecule has 0 spiro atoms. The Bertz CT molecular complexity index is 739. The normalized spacial score (nSPS) is 11.2. The Labute approximate surface area is 141 Å². The van der Waals surface area contributed by atoms with Gasteiger partial charge >= 0.3 is 12.1 Å². The summed E-state index contributed by atoms with van der Waals surface area (Å²) in [4.78, 5) is 23.0. The third kappa shape index (κ3) is 5.33. The number of esters is 1. The highest BCUT2D eigenvalue weighted by atomic mass is 19.4.